The van der Waals surface area contributed by atoms with Crippen molar-refractivity contribution in [1.82, 2.24) is 10.3 Å². The van der Waals surface area contributed by atoms with Gasteiger partial charge in [-0.15, -0.1) is 0 Å². The van der Waals surface area contributed by atoms with Crippen LogP contribution in [-0.2, 0) is 0 Å². The molecule has 0 amide bonds. The van der Waals surface area contributed by atoms with E-state index in [1.54, 1.807) is 0 Å². The minimum Gasteiger partial charge on any atom is -0.394 e. The van der Waals surface area contributed by atoms with E-state index in [1.807, 2.05) is 31.4 Å². The summed E-state index contributed by atoms with van der Waals surface area (Å²) >= 11 is 0. The first-order valence-corrected chi connectivity index (χ1v) is 4.70. The predicted octanol–water partition coefficient (Wildman–Crippen LogP) is 1.42. The van der Waals surface area contributed by atoms with E-state index in [2.05, 4.69) is 16.4 Å². The van der Waals surface area contributed by atoms with Crippen molar-refractivity contribution < 1.29 is 5.11 Å². The zero-order valence-electron chi connectivity index (χ0n) is 8.12. The van der Waals surface area contributed by atoms with Crippen molar-refractivity contribution in [3.8, 4) is 0 Å². The Balaban J connectivity index is 2.42. The maximum atomic E-state index is 9.13. The maximum absolute atomic E-state index is 9.13. The second kappa shape index (κ2) is 3.82. The lowest BCUT2D eigenvalue weighted by molar-refractivity contribution is 0.251. The van der Waals surface area contributed by atoms with Gasteiger partial charge in [0.25, 0.3) is 0 Å². The van der Waals surface area contributed by atoms with Crippen molar-refractivity contribution in [3.63, 3.8) is 0 Å². The molecule has 1 heterocycles. The minimum absolute atomic E-state index is 0.0225. The van der Waals surface area contributed by atoms with Gasteiger partial charge >= 0.3 is 0 Å². The molecule has 74 valence electrons. The maximum Gasteiger partial charge on any atom is 0.0626 e. The first-order valence-electron chi connectivity index (χ1n) is 4.70. The Morgan fingerprint density at radius 2 is 2.29 bits per heavy atom. The van der Waals surface area contributed by atoms with Gasteiger partial charge in [0.15, 0.2) is 0 Å². The molecule has 0 aliphatic rings. The molecule has 0 saturated carbocycles. The van der Waals surface area contributed by atoms with E-state index >= 15 is 0 Å². The number of aromatic nitrogens is 1. The van der Waals surface area contributed by atoms with Gasteiger partial charge in [0, 0.05) is 11.7 Å². The molecule has 1 aromatic heterocycles. The lowest BCUT2D eigenvalue weighted by Crippen LogP contribution is -2.19. The van der Waals surface area contributed by atoms with Crippen molar-refractivity contribution in [3.05, 3.63) is 36.0 Å². The van der Waals surface area contributed by atoms with Gasteiger partial charge in [-0.2, -0.15) is 0 Å². The number of aliphatic hydroxyl groups excluding tert-OH is 1. The average Bonchev–Trinajstić information content (AvgIpc) is 2.66. The van der Waals surface area contributed by atoms with Crippen LogP contribution in [0.25, 0.3) is 10.9 Å². The normalized spacial score (nSPS) is 13.3. The van der Waals surface area contributed by atoms with E-state index in [0.29, 0.717) is 0 Å². The number of benzene rings is 1. The fraction of sp³-hybridized carbons (Fsp3) is 0.273. The third-order valence-electron chi connectivity index (χ3n) is 2.51. The molecule has 1 aromatic carbocycles. The first kappa shape index (κ1) is 9.24. The van der Waals surface area contributed by atoms with Gasteiger partial charge in [-0.1, -0.05) is 6.07 Å². The molecule has 0 bridgehead atoms. The van der Waals surface area contributed by atoms with Crippen molar-refractivity contribution in [2.75, 3.05) is 13.7 Å². The van der Waals surface area contributed by atoms with Crippen LogP contribution < -0.4 is 5.32 Å². The summed E-state index contributed by atoms with van der Waals surface area (Å²) in [4.78, 5) is 3.14. The molecule has 2 aromatic rings. The molecule has 0 radical (unpaired) electrons. The molecule has 0 aliphatic heterocycles. The molecule has 0 saturated heterocycles. The molecule has 3 heteroatoms. The molecular weight excluding hydrogens is 176 g/mol. The van der Waals surface area contributed by atoms with E-state index in [-0.39, 0.29) is 12.6 Å². The van der Waals surface area contributed by atoms with E-state index < -0.39 is 0 Å². The molecule has 0 fully saturated rings. The van der Waals surface area contributed by atoms with E-state index in [1.165, 1.54) is 5.39 Å². The number of aliphatic hydroxyl groups is 1. The summed E-state index contributed by atoms with van der Waals surface area (Å²) in [6, 6.07) is 8.20. The molecular formula is C11H14N2O. The number of fused-ring (bicyclic) bond motifs is 1. The van der Waals surface area contributed by atoms with Gasteiger partial charge in [-0.3, -0.25) is 0 Å². The SMILES string of the molecule is CN[C@H](CO)c1ccc2[nH]ccc2c1. The van der Waals surface area contributed by atoms with Crippen LogP contribution in [0.4, 0.5) is 0 Å². The Kier molecular flexibility index (Phi) is 2.52. The Hall–Kier alpha value is -1.32. The molecule has 14 heavy (non-hydrogen) atoms. The van der Waals surface area contributed by atoms with Crippen LogP contribution in [-0.4, -0.2) is 23.7 Å². The molecule has 1 atom stereocenters. The Morgan fingerprint density at radius 1 is 1.43 bits per heavy atom. The van der Waals surface area contributed by atoms with Crippen molar-refractivity contribution in [1.29, 1.82) is 0 Å². The van der Waals surface area contributed by atoms with E-state index in [0.717, 1.165) is 11.1 Å². The lowest BCUT2D eigenvalue weighted by atomic mass is 10.1. The molecule has 0 aliphatic carbocycles. The van der Waals surface area contributed by atoms with Crippen LogP contribution >= 0.6 is 0 Å². The highest BCUT2D eigenvalue weighted by atomic mass is 16.3. The van der Waals surface area contributed by atoms with Gasteiger partial charge in [-0.25, -0.2) is 0 Å². The minimum atomic E-state index is 0.0225. The fourth-order valence-corrected chi connectivity index (χ4v) is 1.65. The van der Waals surface area contributed by atoms with Gasteiger partial charge in [0.05, 0.1) is 12.6 Å². The summed E-state index contributed by atoms with van der Waals surface area (Å²) in [6.45, 7) is 0.117. The van der Waals surface area contributed by atoms with Gasteiger partial charge in [0.1, 0.15) is 0 Å². The number of rotatable bonds is 3. The molecule has 0 spiro atoms. The predicted molar refractivity (Wildman–Crippen MR) is 57.2 cm³/mol. The average molecular weight is 190 g/mol. The fourth-order valence-electron chi connectivity index (χ4n) is 1.65. The lowest BCUT2D eigenvalue weighted by Gasteiger charge is -2.13. The zero-order valence-corrected chi connectivity index (χ0v) is 8.12. The van der Waals surface area contributed by atoms with Gasteiger partial charge in [0.2, 0.25) is 0 Å². The monoisotopic (exact) mass is 190 g/mol. The number of likely N-dealkylation sites (N-methyl/N-ethyl adjacent to an activating group) is 1. The van der Waals surface area contributed by atoms with Gasteiger partial charge in [-0.05, 0) is 36.2 Å². The molecule has 0 unspecified atom stereocenters. The van der Waals surface area contributed by atoms with Crippen molar-refractivity contribution in [2.24, 2.45) is 0 Å². The van der Waals surface area contributed by atoms with Crippen LogP contribution in [0.1, 0.15) is 11.6 Å². The van der Waals surface area contributed by atoms with Crippen LogP contribution in [0.5, 0.6) is 0 Å². The standard InChI is InChI=1S/C11H14N2O/c1-12-11(7-14)8-2-3-10-9(6-8)4-5-13-10/h2-6,11-14H,7H2,1H3/t11-/m1/s1. The Labute approximate surface area is 82.8 Å². The van der Waals surface area contributed by atoms with Crippen molar-refractivity contribution in [2.45, 2.75) is 6.04 Å². The Bertz CT molecular complexity index is 418. The summed E-state index contributed by atoms with van der Waals surface area (Å²) in [7, 11) is 1.85. The highest BCUT2D eigenvalue weighted by molar-refractivity contribution is 5.80. The van der Waals surface area contributed by atoms with Crippen LogP contribution in [0.3, 0.4) is 0 Å². The number of nitrogens with one attached hydrogen (secondary N) is 2. The highest BCUT2D eigenvalue weighted by Crippen LogP contribution is 2.18. The van der Waals surface area contributed by atoms with Crippen LogP contribution in [0.2, 0.25) is 0 Å². The van der Waals surface area contributed by atoms with Gasteiger partial charge < -0.3 is 15.4 Å². The third-order valence-corrected chi connectivity index (χ3v) is 2.51. The number of hydrogen-bond donors (Lipinski definition) is 3. The van der Waals surface area contributed by atoms with Crippen LogP contribution in [0.15, 0.2) is 30.5 Å². The van der Waals surface area contributed by atoms with Crippen LogP contribution in [0, 0.1) is 0 Å². The highest BCUT2D eigenvalue weighted by Gasteiger charge is 2.07. The summed E-state index contributed by atoms with van der Waals surface area (Å²) < 4.78 is 0. The number of H-pyrrole nitrogens is 1. The molecule has 3 N–H and O–H groups in total. The topological polar surface area (TPSA) is 48.0 Å². The number of aromatic amines is 1. The molecule has 3 nitrogen and oxygen atoms in total. The largest absolute Gasteiger partial charge is 0.394 e. The second-order valence-electron chi connectivity index (χ2n) is 3.35. The second-order valence-corrected chi connectivity index (χ2v) is 3.35. The summed E-state index contributed by atoms with van der Waals surface area (Å²) in [5, 5.41) is 13.4. The Morgan fingerprint density at radius 3 is 3.00 bits per heavy atom. The number of hydrogen-bond acceptors (Lipinski definition) is 2. The zero-order chi connectivity index (χ0) is 9.97. The smallest absolute Gasteiger partial charge is 0.0626 e. The quantitative estimate of drug-likeness (QED) is 0.685. The van der Waals surface area contributed by atoms with E-state index in [4.69, 9.17) is 5.11 Å². The summed E-state index contributed by atoms with van der Waals surface area (Å²) in [6.07, 6.45) is 1.92. The first-order chi connectivity index (χ1) is 6.85. The summed E-state index contributed by atoms with van der Waals surface area (Å²) in [5.41, 5.74) is 2.24. The third kappa shape index (κ3) is 1.52. The summed E-state index contributed by atoms with van der Waals surface area (Å²) in [5.74, 6) is 0. The molecule has 2 rings (SSSR count). The van der Waals surface area contributed by atoms with E-state index in [9.17, 15) is 0 Å². The van der Waals surface area contributed by atoms with Crippen molar-refractivity contribution >= 4 is 10.9 Å².